The average molecular weight is 194 g/mol. The van der Waals surface area contributed by atoms with Gasteiger partial charge in [-0.05, 0) is 30.4 Å². The van der Waals surface area contributed by atoms with Crippen LogP contribution in [0.5, 0.6) is 0 Å². The minimum absolute atomic E-state index is 0.262. The predicted octanol–water partition coefficient (Wildman–Crippen LogP) is 4.37. The second kappa shape index (κ2) is 3.80. The number of aryl methyl sites for hydroxylation is 1. The smallest absolute Gasteiger partial charge is 0.108 e. The van der Waals surface area contributed by atoms with Crippen LogP contribution in [0.25, 0.3) is 0 Å². The van der Waals surface area contributed by atoms with Crippen LogP contribution < -0.4 is 0 Å². The summed E-state index contributed by atoms with van der Waals surface area (Å²) in [5.41, 5.74) is 0.262. The van der Waals surface area contributed by atoms with E-state index in [1.807, 2.05) is 6.92 Å². The zero-order valence-electron chi connectivity index (χ0n) is 10.2. The van der Waals surface area contributed by atoms with E-state index in [1.165, 1.54) is 0 Å². The van der Waals surface area contributed by atoms with Crippen molar-refractivity contribution in [1.82, 2.24) is 0 Å². The summed E-state index contributed by atoms with van der Waals surface area (Å²) in [6.07, 6.45) is 0. The second-order valence-electron chi connectivity index (χ2n) is 5.54. The molecule has 0 bridgehead atoms. The van der Waals surface area contributed by atoms with Gasteiger partial charge in [0.05, 0.1) is 0 Å². The maximum Gasteiger partial charge on any atom is 0.108 e. The molecule has 0 aliphatic carbocycles. The summed E-state index contributed by atoms with van der Waals surface area (Å²) in [7, 11) is 0. The van der Waals surface area contributed by atoms with E-state index in [4.69, 9.17) is 4.42 Å². The lowest BCUT2D eigenvalue weighted by molar-refractivity contribution is 0.222. The molecule has 14 heavy (non-hydrogen) atoms. The second-order valence-corrected chi connectivity index (χ2v) is 5.54. The van der Waals surface area contributed by atoms with Crippen LogP contribution in [0.1, 0.15) is 52.1 Å². The number of hydrogen-bond donors (Lipinski definition) is 0. The Hall–Kier alpha value is -0.720. The molecule has 0 aromatic carbocycles. The van der Waals surface area contributed by atoms with Gasteiger partial charge >= 0.3 is 0 Å². The molecule has 1 aromatic heterocycles. The predicted molar refractivity (Wildman–Crippen MR) is 60.5 cm³/mol. The van der Waals surface area contributed by atoms with Crippen LogP contribution in [-0.4, -0.2) is 0 Å². The SMILES string of the molecule is Cc1ccc([C@H](C(C)C)C(C)(C)C)o1. The molecule has 1 heterocycles. The summed E-state index contributed by atoms with van der Waals surface area (Å²) in [5.74, 6) is 3.25. The molecule has 0 spiro atoms. The molecule has 0 saturated carbocycles. The molecular weight excluding hydrogens is 172 g/mol. The van der Waals surface area contributed by atoms with Crippen molar-refractivity contribution < 1.29 is 4.42 Å². The fraction of sp³-hybridized carbons (Fsp3) is 0.692. The molecule has 80 valence electrons. The van der Waals surface area contributed by atoms with Crippen LogP contribution in [0.2, 0.25) is 0 Å². The minimum atomic E-state index is 0.262. The number of furan rings is 1. The maximum absolute atomic E-state index is 5.73. The largest absolute Gasteiger partial charge is 0.466 e. The summed E-state index contributed by atoms with van der Waals surface area (Å²) < 4.78 is 5.73. The summed E-state index contributed by atoms with van der Waals surface area (Å²) in [4.78, 5) is 0. The Morgan fingerprint density at radius 1 is 1.14 bits per heavy atom. The van der Waals surface area contributed by atoms with E-state index in [-0.39, 0.29) is 5.41 Å². The van der Waals surface area contributed by atoms with E-state index in [0.717, 1.165) is 11.5 Å². The van der Waals surface area contributed by atoms with Crippen LogP contribution in [0.15, 0.2) is 16.5 Å². The molecule has 0 fully saturated rings. The van der Waals surface area contributed by atoms with Gasteiger partial charge in [-0.15, -0.1) is 0 Å². The Morgan fingerprint density at radius 3 is 2.00 bits per heavy atom. The lowest BCUT2D eigenvalue weighted by Gasteiger charge is -2.32. The monoisotopic (exact) mass is 194 g/mol. The van der Waals surface area contributed by atoms with Gasteiger partial charge in [-0.25, -0.2) is 0 Å². The molecule has 0 aliphatic rings. The molecule has 0 amide bonds. The van der Waals surface area contributed by atoms with Gasteiger partial charge in [0, 0.05) is 5.92 Å². The molecule has 1 rings (SSSR count). The van der Waals surface area contributed by atoms with Gasteiger partial charge < -0.3 is 4.42 Å². The van der Waals surface area contributed by atoms with E-state index in [9.17, 15) is 0 Å². The Bertz CT molecular complexity index is 288. The third-order valence-electron chi connectivity index (χ3n) is 2.67. The van der Waals surface area contributed by atoms with Crippen molar-refractivity contribution in [1.29, 1.82) is 0 Å². The van der Waals surface area contributed by atoms with Crippen LogP contribution in [-0.2, 0) is 0 Å². The molecule has 0 saturated heterocycles. The normalized spacial score (nSPS) is 14.8. The van der Waals surface area contributed by atoms with Gasteiger partial charge in [-0.1, -0.05) is 34.6 Å². The molecule has 1 atom stereocenters. The minimum Gasteiger partial charge on any atom is -0.466 e. The van der Waals surface area contributed by atoms with E-state index in [2.05, 4.69) is 46.8 Å². The van der Waals surface area contributed by atoms with Gasteiger partial charge in [0.15, 0.2) is 0 Å². The summed E-state index contributed by atoms with van der Waals surface area (Å²) in [5, 5.41) is 0. The van der Waals surface area contributed by atoms with Crippen molar-refractivity contribution in [3.05, 3.63) is 23.7 Å². The molecule has 1 aromatic rings. The van der Waals surface area contributed by atoms with Crippen LogP contribution in [0.3, 0.4) is 0 Å². The van der Waals surface area contributed by atoms with Gasteiger partial charge in [0.1, 0.15) is 11.5 Å². The van der Waals surface area contributed by atoms with Crippen molar-refractivity contribution in [3.63, 3.8) is 0 Å². The van der Waals surface area contributed by atoms with Crippen LogP contribution in [0.4, 0.5) is 0 Å². The summed E-state index contributed by atoms with van der Waals surface area (Å²) >= 11 is 0. The van der Waals surface area contributed by atoms with Gasteiger partial charge in [-0.3, -0.25) is 0 Å². The first-order chi connectivity index (χ1) is 6.32. The van der Waals surface area contributed by atoms with E-state index < -0.39 is 0 Å². The fourth-order valence-electron chi connectivity index (χ4n) is 2.38. The molecule has 0 unspecified atom stereocenters. The van der Waals surface area contributed by atoms with E-state index in [1.54, 1.807) is 0 Å². The van der Waals surface area contributed by atoms with Crippen molar-refractivity contribution in [2.45, 2.75) is 47.5 Å². The standard InChI is InChI=1S/C13H22O/c1-9(2)12(13(4,5)6)11-8-7-10(3)14-11/h7-9,12H,1-6H3/t12-/m0/s1. The summed E-state index contributed by atoms with van der Waals surface area (Å²) in [6, 6.07) is 4.17. The topological polar surface area (TPSA) is 13.1 Å². The first-order valence-electron chi connectivity index (χ1n) is 5.38. The van der Waals surface area contributed by atoms with Crippen molar-refractivity contribution >= 4 is 0 Å². The van der Waals surface area contributed by atoms with Gasteiger partial charge in [0.2, 0.25) is 0 Å². The Morgan fingerprint density at radius 2 is 1.71 bits per heavy atom. The quantitative estimate of drug-likeness (QED) is 0.681. The third-order valence-corrected chi connectivity index (χ3v) is 2.67. The van der Waals surface area contributed by atoms with Crippen molar-refractivity contribution in [2.24, 2.45) is 11.3 Å². The van der Waals surface area contributed by atoms with Crippen molar-refractivity contribution in [2.75, 3.05) is 0 Å². The Kier molecular flexibility index (Phi) is 3.08. The molecule has 0 N–H and O–H groups in total. The first-order valence-corrected chi connectivity index (χ1v) is 5.38. The highest BCUT2D eigenvalue weighted by molar-refractivity contribution is 5.13. The molecule has 0 radical (unpaired) electrons. The van der Waals surface area contributed by atoms with Crippen LogP contribution in [0, 0.1) is 18.3 Å². The maximum atomic E-state index is 5.73. The Balaban J connectivity index is 3.01. The van der Waals surface area contributed by atoms with E-state index in [0.29, 0.717) is 11.8 Å². The van der Waals surface area contributed by atoms with E-state index >= 15 is 0 Å². The lowest BCUT2D eigenvalue weighted by Crippen LogP contribution is -2.22. The zero-order chi connectivity index (χ0) is 10.9. The average Bonchev–Trinajstić information content (AvgIpc) is 2.31. The zero-order valence-corrected chi connectivity index (χ0v) is 10.2. The highest BCUT2D eigenvalue weighted by atomic mass is 16.3. The number of rotatable bonds is 2. The van der Waals surface area contributed by atoms with Crippen molar-refractivity contribution in [3.8, 4) is 0 Å². The third kappa shape index (κ3) is 2.40. The number of hydrogen-bond acceptors (Lipinski definition) is 1. The first kappa shape index (κ1) is 11.4. The molecule has 0 aliphatic heterocycles. The summed E-state index contributed by atoms with van der Waals surface area (Å²) in [6.45, 7) is 13.3. The fourth-order valence-corrected chi connectivity index (χ4v) is 2.38. The molecular formula is C13H22O. The van der Waals surface area contributed by atoms with Gasteiger partial charge in [-0.2, -0.15) is 0 Å². The highest BCUT2D eigenvalue weighted by Crippen LogP contribution is 2.41. The Labute approximate surface area is 87.5 Å². The van der Waals surface area contributed by atoms with Gasteiger partial charge in [0.25, 0.3) is 0 Å². The molecule has 1 nitrogen and oxygen atoms in total. The highest BCUT2D eigenvalue weighted by Gasteiger charge is 2.31. The molecule has 1 heteroatoms. The van der Waals surface area contributed by atoms with Crippen LogP contribution >= 0.6 is 0 Å². The lowest BCUT2D eigenvalue weighted by atomic mass is 9.73.